The van der Waals surface area contributed by atoms with Gasteiger partial charge >= 0.3 is 5.97 Å². The lowest BCUT2D eigenvalue weighted by Crippen LogP contribution is -2.35. The Balaban J connectivity index is 1.85. The Hall–Kier alpha value is -2.04. The van der Waals surface area contributed by atoms with Gasteiger partial charge in [0.1, 0.15) is 6.42 Å². The molecule has 0 spiro atoms. The molecule has 0 radical (unpaired) electrons. The zero-order valence-electron chi connectivity index (χ0n) is 11.8. The van der Waals surface area contributed by atoms with Crippen LogP contribution in [-0.4, -0.2) is 31.6 Å². The Morgan fingerprint density at radius 3 is 2.95 bits per heavy atom. The Labute approximate surface area is 118 Å². The second-order valence-electron chi connectivity index (χ2n) is 5.12. The first-order chi connectivity index (χ1) is 9.60. The van der Waals surface area contributed by atoms with Gasteiger partial charge in [-0.15, -0.1) is 0 Å². The summed E-state index contributed by atoms with van der Waals surface area (Å²) in [5, 5.41) is 6.20. The zero-order chi connectivity index (χ0) is 14.5. The molecule has 2 N–H and O–H groups in total. The fourth-order valence-electron chi connectivity index (χ4n) is 2.58. The van der Waals surface area contributed by atoms with E-state index in [4.69, 9.17) is 0 Å². The number of fused-ring (bicyclic) bond motifs is 1. The number of carbonyl (C=O) groups excluding carboxylic acids is 2. The van der Waals surface area contributed by atoms with Crippen LogP contribution in [0.1, 0.15) is 31.2 Å². The van der Waals surface area contributed by atoms with E-state index < -0.39 is 5.97 Å². The van der Waals surface area contributed by atoms with Gasteiger partial charge in [0, 0.05) is 24.2 Å². The molecule has 1 aliphatic rings. The predicted molar refractivity (Wildman–Crippen MR) is 76.5 cm³/mol. The molecule has 0 saturated carbocycles. The maximum absolute atomic E-state index is 11.6. The van der Waals surface area contributed by atoms with Crippen molar-refractivity contribution in [2.24, 2.45) is 0 Å². The van der Waals surface area contributed by atoms with Crippen LogP contribution >= 0.6 is 0 Å². The number of rotatable bonds is 5. The molecule has 1 aromatic carbocycles. The van der Waals surface area contributed by atoms with Gasteiger partial charge in [0.15, 0.2) is 0 Å². The number of benzene rings is 1. The van der Waals surface area contributed by atoms with Crippen LogP contribution in [0.15, 0.2) is 24.3 Å². The first-order valence-corrected chi connectivity index (χ1v) is 6.79. The molecule has 0 bridgehead atoms. The molecule has 5 nitrogen and oxygen atoms in total. The lowest BCUT2D eigenvalue weighted by Gasteiger charge is -2.18. The summed E-state index contributed by atoms with van der Waals surface area (Å²) in [6, 6.07) is 8.23. The number of hydrogen-bond donors (Lipinski definition) is 2. The van der Waals surface area contributed by atoms with Crippen molar-refractivity contribution in [2.75, 3.05) is 19.0 Å². The molecular weight excluding hydrogens is 256 g/mol. The normalized spacial score (nSPS) is 17.8. The van der Waals surface area contributed by atoms with Gasteiger partial charge in [-0.1, -0.05) is 18.2 Å². The van der Waals surface area contributed by atoms with Crippen molar-refractivity contribution in [3.8, 4) is 0 Å². The molecule has 1 amide bonds. The minimum Gasteiger partial charge on any atom is -0.469 e. The fraction of sp³-hybridized carbons (Fsp3) is 0.467. The summed E-state index contributed by atoms with van der Waals surface area (Å²) in [5.41, 5.74) is 2.46. The van der Waals surface area contributed by atoms with Crippen molar-refractivity contribution in [1.29, 1.82) is 0 Å². The molecule has 0 aromatic heterocycles. The van der Waals surface area contributed by atoms with Gasteiger partial charge in [0.05, 0.1) is 7.11 Å². The topological polar surface area (TPSA) is 67.4 Å². The third-order valence-corrected chi connectivity index (χ3v) is 3.52. The Bertz CT molecular complexity index is 502. The van der Waals surface area contributed by atoms with E-state index in [9.17, 15) is 9.59 Å². The summed E-state index contributed by atoms with van der Waals surface area (Å²) in [4.78, 5) is 22.6. The number of anilines is 1. The van der Waals surface area contributed by atoms with Crippen LogP contribution in [0.25, 0.3) is 0 Å². The highest BCUT2D eigenvalue weighted by Crippen LogP contribution is 2.33. The first-order valence-electron chi connectivity index (χ1n) is 6.79. The highest BCUT2D eigenvalue weighted by Gasteiger charge is 2.24. The smallest absolute Gasteiger partial charge is 0.315 e. The van der Waals surface area contributed by atoms with E-state index >= 15 is 0 Å². The van der Waals surface area contributed by atoms with Gasteiger partial charge < -0.3 is 15.4 Å². The molecule has 108 valence electrons. The van der Waals surface area contributed by atoms with E-state index in [1.165, 1.54) is 18.4 Å². The second-order valence-corrected chi connectivity index (χ2v) is 5.12. The number of hydrogen-bond acceptors (Lipinski definition) is 4. The van der Waals surface area contributed by atoms with Gasteiger partial charge in [-0.3, -0.25) is 9.59 Å². The molecule has 1 heterocycles. The van der Waals surface area contributed by atoms with Crippen LogP contribution in [-0.2, 0) is 14.3 Å². The van der Waals surface area contributed by atoms with Gasteiger partial charge in [0.25, 0.3) is 0 Å². The number of para-hydroxylation sites is 1. The number of esters is 1. The lowest BCUT2D eigenvalue weighted by molar-refractivity contribution is -0.143. The predicted octanol–water partition coefficient (Wildman–Crippen LogP) is 1.65. The van der Waals surface area contributed by atoms with Crippen LogP contribution in [0.2, 0.25) is 0 Å². The summed E-state index contributed by atoms with van der Waals surface area (Å²) in [5.74, 6) is -0.411. The standard InChI is InChI=1S/C15H20N2O3/c1-10(17-14(18)8-15(19)20-2)7-11-9-16-13-6-4-3-5-12(11)13/h3-6,10-11,16H,7-9H2,1-2H3,(H,17,18). The SMILES string of the molecule is COC(=O)CC(=O)NC(C)CC1CNc2ccccc21. The summed E-state index contributed by atoms with van der Waals surface area (Å²) >= 11 is 0. The Kier molecular flexibility index (Phi) is 4.61. The molecule has 1 aromatic rings. The zero-order valence-corrected chi connectivity index (χ0v) is 11.8. The fourth-order valence-corrected chi connectivity index (χ4v) is 2.58. The van der Waals surface area contributed by atoms with Crippen molar-refractivity contribution in [1.82, 2.24) is 5.32 Å². The highest BCUT2D eigenvalue weighted by atomic mass is 16.5. The molecule has 2 rings (SSSR count). The Morgan fingerprint density at radius 2 is 2.20 bits per heavy atom. The second kappa shape index (κ2) is 6.41. The van der Waals surface area contributed by atoms with E-state index in [-0.39, 0.29) is 18.4 Å². The van der Waals surface area contributed by atoms with Crippen LogP contribution in [0, 0.1) is 0 Å². The maximum atomic E-state index is 11.6. The molecule has 5 heteroatoms. The molecule has 0 fully saturated rings. The monoisotopic (exact) mass is 276 g/mol. The third-order valence-electron chi connectivity index (χ3n) is 3.52. The number of carbonyl (C=O) groups is 2. The summed E-state index contributed by atoms with van der Waals surface area (Å²) in [6.07, 6.45) is 0.622. The summed E-state index contributed by atoms with van der Waals surface area (Å²) in [6.45, 7) is 2.84. The maximum Gasteiger partial charge on any atom is 0.315 e. The van der Waals surface area contributed by atoms with Gasteiger partial charge in [-0.05, 0) is 25.0 Å². The van der Waals surface area contributed by atoms with E-state index in [0.717, 1.165) is 13.0 Å². The molecule has 2 unspecified atom stereocenters. The van der Waals surface area contributed by atoms with Gasteiger partial charge in [0.2, 0.25) is 5.91 Å². The van der Waals surface area contributed by atoms with Crippen molar-refractivity contribution < 1.29 is 14.3 Å². The van der Waals surface area contributed by atoms with E-state index in [0.29, 0.717) is 5.92 Å². The highest BCUT2D eigenvalue weighted by molar-refractivity contribution is 5.94. The van der Waals surface area contributed by atoms with Crippen LogP contribution in [0.3, 0.4) is 0 Å². The molecule has 20 heavy (non-hydrogen) atoms. The van der Waals surface area contributed by atoms with Crippen LogP contribution in [0.4, 0.5) is 5.69 Å². The Morgan fingerprint density at radius 1 is 1.45 bits per heavy atom. The molecule has 0 saturated heterocycles. The van der Waals surface area contributed by atoms with Crippen LogP contribution < -0.4 is 10.6 Å². The number of amides is 1. The number of ether oxygens (including phenoxy) is 1. The summed E-state index contributed by atoms with van der Waals surface area (Å²) in [7, 11) is 1.28. The van der Waals surface area contributed by atoms with Crippen molar-refractivity contribution in [3.05, 3.63) is 29.8 Å². The summed E-state index contributed by atoms with van der Waals surface area (Å²) < 4.78 is 4.47. The molecule has 0 aliphatic carbocycles. The van der Waals surface area contributed by atoms with Crippen molar-refractivity contribution in [2.45, 2.75) is 31.7 Å². The van der Waals surface area contributed by atoms with Gasteiger partial charge in [-0.2, -0.15) is 0 Å². The van der Waals surface area contributed by atoms with Crippen LogP contribution in [0.5, 0.6) is 0 Å². The quantitative estimate of drug-likeness (QED) is 0.634. The largest absolute Gasteiger partial charge is 0.469 e. The minimum atomic E-state index is -0.512. The average molecular weight is 276 g/mol. The average Bonchev–Trinajstić information content (AvgIpc) is 2.81. The minimum absolute atomic E-state index is 0.0186. The van der Waals surface area contributed by atoms with Crippen molar-refractivity contribution in [3.63, 3.8) is 0 Å². The van der Waals surface area contributed by atoms with E-state index in [1.54, 1.807) is 0 Å². The molecular formula is C15H20N2O3. The molecule has 1 aliphatic heterocycles. The number of nitrogens with one attached hydrogen (secondary N) is 2. The number of methoxy groups -OCH3 is 1. The van der Waals surface area contributed by atoms with Gasteiger partial charge in [-0.25, -0.2) is 0 Å². The van der Waals surface area contributed by atoms with E-state index in [2.05, 4.69) is 27.5 Å². The van der Waals surface area contributed by atoms with Crippen molar-refractivity contribution >= 4 is 17.6 Å². The third kappa shape index (κ3) is 3.50. The first kappa shape index (κ1) is 14.4. The van der Waals surface area contributed by atoms with E-state index in [1.807, 2.05) is 19.1 Å². The lowest BCUT2D eigenvalue weighted by atomic mass is 9.94. The molecule has 2 atom stereocenters.